The first-order valence-corrected chi connectivity index (χ1v) is 10.7. The Morgan fingerprint density at radius 1 is 0.964 bits per heavy atom. The Kier molecular flexibility index (Phi) is 17.0. The molecule has 28 heavy (non-hydrogen) atoms. The molecule has 0 aliphatic rings. The third kappa shape index (κ3) is 18.1. The smallest absolute Gasteiger partial charge is 0.266 e. The molecule has 0 heterocycles. The van der Waals surface area contributed by atoms with Crippen LogP contribution in [0.3, 0.4) is 0 Å². The molecule has 0 atom stereocenters. The van der Waals surface area contributed by atoms with Crippen LogP contribution in [0.2, 0.25) is 0 Å². The number of carbonyl (C=O) groups is 1. The fourth-order valence-electron chi connectivity index (χ4n) is 1.98. The predicted octanol–water partition coefficient (Wildman–Crippen LogP) is -0.859. The number of hydrogen-bond acceptors (Lipinski definition) is 8. The Morgan fingerprint density at radius 2 is 1.50 bits per heavy atom. The van der Waals surface area contributed by atoms with Crippen molar-refractivity contribution in [3.8, 4) is 12.3 Å². The van der Waals surface area contributed by atoms with Gasteiger partial charge in [0.2, 0.25) is 5.91 Å². The molecule has 0 aromatic rings. The molecule has 0 rings (SSSR count). The summed E-state index contributed by atoms with van der Waals surface area (Å²) in [4.78, 5) is 13.5. The fraction of sp³-hybridized carbons (Fsp3) is 0.824. The molecule has 0 fully saturated rings. The van der Waals surface area contributed by atoms with E-state index in [0.717, 1.165) is 0 Å². The van der Waals surface area contributed by atoms with Crippen LogP contribution in [0, 0.1) is 12.3 Å². The van der Waals surface area contributed by atoms with Crippen LogP contribution < -0.4 is 5.73 Å². The lowest BCUT2D eigenvalue weighted by Crippen LogP contribution is -2.37. The first-order chi connectivity index (χ1) is 13.4. The SMILES string of the molecule is C#CCOCCOCCOCCOCCC(=O)N(CCCN)CCS(=O)(=O)O. The largest absolute Gasteiger partial charge is 0.379 e. The van der Waals surface area contributed by atoms with Crippen LogP contribution in [0.5, 0.6) is 0 Å². The van der Waals surface area contributed by atoms with E-state index in [1.807, 2.05) is 0 Å². The molecule has 11 heteroatoms. The lowest BCUT2D eigenvalue weighted by Gasteiger charge is -2.22. The maximum absolute atomic E-state index is 12.1. The summed E-state index contributed by atoms with van der Waals surface area (Å²) in [5.74, 6) is 1.60. The molecule has 0 aromatic carbocycles. The van der Waals surface area contributed by atoms with E-state index in [9.17, 15) is 13.2 Å². The molecule has 0 saturated carbocycles. The lowest BCUT2D eigenvalue weighted by atomic mass is 10.3. The van der Waals surface area contributed by atoms with Gasteiger partial charge in [-0.15, -0.1) is 6.42 Å². The number of amides is 1. The number of nitrogens with two attached hydrogens (primary N) is 1. The average molecular weight is 425 g/mol. The van der Waals surface area contributed by atoms with Crippen molar-refractivity contribution in [3.63, 3.8) is 0 Å². The van der Waals surface area contributed by atoms with Gasteiger partial charge in [-0.1, -0.05) is 5.92 Å². The van der Waals surface area contributed by atoms with Crippen LogP contribution in [0.4, 0.5) is 0 Å². The van der Waals surface area contributed by atoms with Crippen molar-refractivity contribution in [3.05, 3.63) is 0 Å². The van der Waals surface area contributed by atoms with E-state index >= 15 is 0 Å². The molecular weight excluding hydrogens is 392 g/mol. The molecule has 164 valence electrons. The molecule has 0 spiro atoms. The highest BCUT2D eigenvalue weighted by Crippen LogP contribution is 1.99. The average Bonchev–Trinajstić information content (AvgIpc) is 2.64. The van der Waals surface area contributed by atoms with E-state index in [2.05, 4.69) is 5.92 Å². The molecule has 0 bridgehead atoms. The minimum atomic E-state index is -4.12. The van der Waals surface area contributed by atoms with Gasteiger partial charge in [-0.3, -0.25) is 9.35 Å². The van der Waals surface area contributed by atoms with Gasteiger partial charge in [-0.25, -0.2) is 0 Å². The maximum atomic E-state index is 12.1. The maximum Gasteiger partial charge on any atom is 0.266 e. The van der Waals surface area contributed by atoms with Crippen molar-refractivity contribution < 1.29 is 36.7 Å². The van der Waals surface area contributed by atoms with Gasteiger partial charge in [0.1, 0.15) is 6.61 Å². The van der Waals surface area contributed by atoms with Crippen molar-refractivity contribution in [2.75, 3.05) is 78.2 Å². The Labute approximate surface area is 167 Å². The molecule has 0 aliphatic heterocycles. The molecule has 3 N–H and O–H groups in total. The van der Waals surface area contributed by atoms with Gasteiger partial charge in [0, 0.05) is 13.1 Å². The van der Waals surface area contributed by atoms with Crippen LogP contribution in [-0.2, 0) is 33.9 Å². The predicted molar refractivity (Wildman–Crippen MR) is 103 cm³/mol. The van der Waals surface area contributed by atoms with E-state index in [4.69, 9.17) is 35.7 Å². The zero-order valence-electron chi connectivity index (χ0n) is 16.2. The van der Waals surface area contributed by atoms with Gasteiger partial charge in [0.25, 0.3) is 10.1 Å². The van der Waals surface area contributed by atoms with Crippen molar-refractivity contribution in [2.24, 2.45) is 5.73 Å². The summed E-state index contributed by atoms with van der Waals surface area (Å²) in [7, 11) is -4.12. The van der Waals surface area contributed by atoms with Crippen molar-refractivity contribution >= 4 is 16.0 Å². The van der Waals surface area contributed by atoms with E-state index in [0.29, 0.717) is 59.2 Å². The van der Waals surface area contributed by atoms with E-state index < -0.39 is 15.9 Å². The Hall–Kier alpha value is -1.26. The number of rotatable bonds is 19. The zero-order valence-corrected chi connectivity index (χ0v) is 17.0. The van der Waals surface area contributed by atoms with Crippen LogP contribution in [0.15, 0.2) is 0 Å². The van der Waals surface area contributed by atoms with Gasteiger partial charge in [0.15, 0.2) is 0 Å². The number of carbonyl (C=O) groups excluding carboxylic acids is 1. The molecule has 1 amide bonds. The highest BCUT2D eigenvalue weighted by Gasteiger charge is 2.16. The zero-order chi connectivity index (χ0) is 21.1. The Bertz CT molecular complexity index is 536. The minimum absolute atomic E-state index is 0.0748. The quantitative estimate of drug-likeness (QED) is 0.154. The Morgan fingerprint density at radius 3 is 2.00 bits per heavy atom. The standard InChI is InChI=1S/C17H32N2O8S/c1-2-8-24-10-12-26-14-15-27-13-11-25-9-4-17(20)19(6-3-5-18)7-16-28(21,22)23/h1H,3-16,18H2,(H,21,22,23). The van der Waals surface area contributed by atoms with Gasteiger partial charge < -0.3 is 29.6 Å². The third-order valence-corrected chi connectivity index (χ3v) is 4.06. The van der Waals surface area contributed by atoms with Crippen LogP contribution in [0.25, 0.3) is 0 Å². The lowest BCUT2D eigenvalue weighted by molar-refractivity contribution is -0.132. The van der Waals surface area contributed by atoms with Gasteiger partial charge in [0.05, 0.1) is 58.4 Å². The van der Waals surface area contributed by atoms with Crippen LogP contribution in [-0.4, -0.2) is 102 Å². The van der Waals surface area contributed by atoms with Crippen molar-refractivity contribution in [1.82, 2.24) is 4.90 Å². The molecule has 0 radical (unpaired) electrons. The van der Waals surface area contributed by atoms with Crippen molar-refractivity contribution in [1.29, 1.82) is 0 Å². The number of terminal acetylenes is 1. The molecular formula is C17H32N2O8S. The van der Waals surface area contributed by atoms with Gasteiger partial charge in [-0.05, 0) is 13.0 Å². The summed E-state index contributed by atoms with van der Waals surface area (Å²) >= 11 is 0. The third-order valence-electron chi connectivity index (χ3n) is 3.37. The highest BCUT2D eigenvalue weighted by atomic mass is 32.2. The Balaban J connectivity index is 3.70. The summed E-state index contributed by atoms with van der Waals surface area (Å²) in [6.07, 6.45) is 5.69. The van der Waals surface area contributed by atoms with Crippen LogP contribution >= 0.6 is 0 Å². The molecule has 0 saturated heterocycles. The summed E-state index contributed by atoms with van der Waals surface area (Å²) < 4.78 is 51.5. The molecule has 0 aromatic heterocycles. The van der Waals surface area contributed by atoms with Crippen LogP contribution in [0.1, 0.15) is 12.8 Å². The number of hydrogen-bond donors (Lipinski definition) is 2. The summed E-state index contributed by atoms with van der Waals surface area (Å²) in [5, 5.41) is 0. The second kappa shape index (κ2) is 17.8. The summed E-state index contributed by atoms with van der Waals surface area (Å²) in [6, 6.07) is 0. The second-order valence-corrected chi connectivity index (χ2v) is 7.22. The molecule has 0 aliphatic carbocycles. The second-order valence-electron chi connectivity index (χ2n) is 5.65. The summed E-state index contributed by atoms with van der Waals surface area (Å²) in [5.41, 5.74) is 5.42. The van der Waals surface area contributed by atoms with Crippen molar-refractivity contribution in [2.45, 2.75) is 12.8 Å². The fourth-order valence-corrected chi connectivity index (χ4v) is 2.43. The normalized spacial score (nSPS) is 11.3. The van der Waals surface area contributed by atoms with E-state index in [1.165, 1.54) is 4.90 Å². The van der Waals surface area contributed by atoms with Gasteiger partial charge >= 0.3 is 0 Å². The molecule has 0 unspecified atom stereocenters. The minimum Gasteiger partial charge on any atom is -0.379 e. The molecule has 10 nitrogen and oxygen atoms in total. The first kappa shape index (κ1) is 26.7. The monoisotopic (exact) mass is 424 g/mol. The topological polar surface area (TPSA) is 138 Å². The van der Waals surface area contributed by atoms with E-state index in [1.54, 1.807) is 0 Å². The highest BCUT2D eigenvalue weighted by molar-refractivity contribution is 7.85. The first-order valence-electron chi connectivity index (χ1n) is 9.08. The van der Waals surface area contributed by atoms with E-state index in [-0.39, 0.29) is 32.1 Å². The number of nitrogens with zero attached hydrogens (tertiary/aromatic N) is 1. The number of ether oxygens (including phenoxy) is 4. The van der Waals surface area contributed by atoms with Gasteiger partial charge in [-0.2, -0.15) is 8.42 Å². The summed E-state index contributed by atoms with van der Waals surface area (Å²) in [6.45, 7) is 3.53.